The van der Waals surface area contributed by atoms with E-state index in [9.17, 15) is 9.59 Å². The third-order valence-electron chi connectivity index (χ3n) is 6.81. The van der Waals surface area contributed by atoms with E-state index in [2.05, 4.69) is 29.6 Å². The van der Waals surface area contributed by atoms with Crippen molar-refractivity contribution >= 4 is 23.4 Å². The van der Waals surface area contributed by atoms with Crippen LogP contribution >= 0.6 is 11.6 Å². The van der Waals surface area contributed by atoms with Gasteiger partial charge >= 0.3 is 0 Å². The molecule has 3 aromatic carbocycles. The van der Waals surface area contributed by atoms with Crippen molar-refractivity contribution in [2.75, 3.05) is 13.1 Å². The molecular formula is C29H31ClN2O2. The molecule has 176 valence electrons. The van der Waals surface area contributed by atoms with Crippen LogP contribution < -0.4 is 5.32 Å². The zero-order valence-corrected chi connectivity index (χ0v) is 20.1. The van der Waals surface area contributed by atoms with Gasteiger partial charge < -0.3 is 10.2 Å². The third kappa shape index (κ3) is 6.06. The number of likely N-dealkylation sites (tertiary alicyclic amines) is 1. The first-order valence-corrected chi connectivity index (χ1v) is 12.3. The molecule has 1 saturated heterocycles. The van der Waals surface area contributed by atoms with Crippen molar-refractivity contribution in [3.05, 3.63) is 107 Å². The van der Waals surface area contributed by atoms with Crippen LogP contribution in [0, 0.1) is 5.41 Å². The molecule has 0 aliphatic carbocycles. The average Bonchev–Trinajstić information content (AvgIpc) is 2.88. The molecule has 5 heteroatoms. The second kappa shape index (κ2) is 11.3. The van der Waals surface area contributed by atoms with Gasteiger partial charge in [0.25, 0.3) is 0 Å². The van der Waals surface area contributed by atoms with Crippen LogP contribution in [0.25, 0.3) is 0 Å². The first-order chi connectivity index (χ1) is 16.6. The largest absolute Gasteiger partial charge is 0.351 e. The number of rotatable bonds is 8. The molecule has 0 spiro atoms. The maximum Gasteiger partial charge on any atom is 0.226 e. The molecule has 4 rings (SSSR count). The zero-order chi connectivity index (χ0) is 23.8. The molecule has 0 atom stereocenters. The van der Waals surface area contributed by atoms with Gasteiger partial charge in [0.05, 0.1) is 5.41 Å². The summed E-state index contributed by atoms with van der Waals surface area (Å²) in [7, 11) is 0. The first-order valence-electron chi connectivity index (χ1n) is 11.9. The molecule has 1 heterocycles. The van der Waals surface area contributed by atoms with E-state index in [0.29, 0.717) is 50.3 Å². The summed E-state index contributed by atoms with van der Waals surface area (Å²) >= 11 is 6.29. The summed E-state index contributed by atoms with van der Waals surface area (Å²) in [5.74, 6) is 0.196. The number of piperidine rings is 1. The Hall–Kier alpha value is -3.11. The molecule has 0 bridgehead atoms. The fourth-order valence-electron chi connectivity index (χ4n) is 4.71. The SMILES string of the molecule is O=C(CCc1ccccc1)N1CCC(Cc2ccccc2)(C(=O)NCc2ccccc2Cl)CC1. The minimum atomic E-state index is -0.543. The van der Waals surface area contributed by atoms with Crippen molar-refractivity contribution in [3.8, 4) is 0 Å². The molecule has 4 nitrogen and oxygen atoms in total. The van der Waals surface area contributed by atoms with Gasteiger partial charge in [-0.1, -0.05) is 90.5 Å². The van der Waals surface area contributed by atoms with Crippen LogP contribution in [0.3, 0.4) is 0 Å². The fraction of sp³-hybridized carbons (Fsp3) is 0.310. The monoisotopic (exact) mass is 474 g/mol. The molecule has 0 radical (unpaired) electrons. The Morgan fingerprint density at radius 1 is 0.824 bits per heavy atom. The van der Waals surface area contributed by atoms with E-state index in [-0.39, 0.29) is 11.8 Å². The Kier molecular flexibility index (Phi) is 8.02. The van der Waals surface area contributed by atoms with Crippen LogP contribution in [0.1, 0.15) is 36.0 Å². The lowest BCUT2D eigenvalue weighted by Gasteiger charge is -2.41. The predicted molar refractivity (Wildman–Crippen MR) is 136 cm³/mol. The average molecular weight is 475 g/mol. The summed E-state index contributed by atoms with van der Waals surface area (Å²) in [5.41, 5.74) is 2.67. The van der Waals surface area contributed by atoms with Gasteiger partial charge in [-0.15, -0.1) is 0 Å². The molecule has 1 aliphatic heterocycles. The molecule has 2 amide bonds. The highest BCUT2D eigenvalue weighted by molar-refractivity contribution is 6.31. The maximum absolute atomic E-state index is 13.5. The fourth-order valence-corrected chi connectivity index (χ4v) is 4.92. The number of carbonyl (C=O) groups excluding carboxylic acids is 2. The molecule has 0 saturated carbocycles. The Morgan fingerprint density at radius 3 is 2.06 bits per heavy atom. The van der Waals surface area contributed by atoms with Crippen LogP contribution in [-0.2, 0) is 29.0 Å². The number of nitrogens with one attached hydrogen (secondary N) is 1. The number of halogens is 1. The van der Waals surface area contributed by atoms with Gasteiger partial charge in [0.1, 0.15) is 0 Å². The lowest BCUT2D eigenvalue weighted by Crippen LogP contribution is -2.51. The number of nitrogens with zero attached hydrogens (tertiary/aromatic N) is 1. The van der Waals surface area contributed by atoms with Crippen LogP contribution in [-0.4, -0.2) is 29.8 Å². The van der Waals surface area contributed by atoms with Crippen molar-refractivity contribution in [1.29, 1.82) is 0 Å². The summed E-state index contributed by atoms with van der Waals surface area (Å²) in [5, 5.41) is 3.79. The smallest absolute Gasteiger partial charge is 0.226 e. The Bertz CT molecular complexity index is 1090. The van der Waals surface area contributed by atoms with E-state index in [0.717, 1.165) is 17.5 Å². The van der Waals surface area contributed by atoms with Gasteiger partial charge in [0.2, 0.25) is 11.8 Å². The third-order valence-corrected chi connectivity index (χ3v) is 7.18. The van der Waals surface area contributed by atoms with Gasteiger partial charge in [-0.2, -0.15) is 0 Å². The van der Waals surface area contributed by atoms with Crippen molar-refractivity contribution in [1.82, 2.24) is 10.2 Å². The number of carbonyl (C=O) groups is 2. The summed E-state index contributed by atoms with van der Waals surface area (Å²) in [6.07, 6.45) is 3.19. The summed E-state index contributed by atoms with van der Waals surface area (Å²) in [4.78, 5) is 28.3. The van der Waals surface area contributed by atoms with Crippen LogP contribution in [0.5, 0.6) is 0 Å². The van der Waals surface area contributed by atoms with E-state index < -0.39 is 5.41 Å². The van der Waals surface area contributed by atoms with E-state index >= 15 is 0 Å². The maximum atomic E-state index is 13.5. The Balaban J connectivity index is 1.41. The van der Waals surface area contributed by atoms with Crippen LogP contribution in [0.15, 0.2) is 84.9 Å². The molecule has 0 unspecified atom stereocenters. The summed E-state index contributed by atoms with van der Waals surface area (Å²) < 4.78 is 0. The van der Waals surface area contributed by atoms with Gasteiger partial charge in [-0.05, 0) is 48.4 Å². The number of hydrogen-bond acceptors (Lipinski definition) is 2. The highest BCUT2D eigenvalue weighted by Gasteiger charge is 2.42. The van der Waals surface area contributed by atoms with Crippen LogP contribution in [0.4, 0.5) is 0 Å². The highest BCUT2D eigenvalue weighted by atomic mass is 35.5. The quantitative estimate of drug-likeness (QED) is 0.472. The van der Waals surface area contributed by atoms with Gasteiger partial charge in [-0.25, -0.2) is 0 Å². The molecule has 0 aromatic heterocycles. The lowest BCUT2D eigenvalue weighted by molar-refractivity contribution is -0.140. The Morgan fingerprint density at radius 2 is 1.41 bits per heavy atom. The first kappa shape index (κ1) is 24.0. The molecule has 1 fully saturated rings. The minimum absolute atomic E-state index is 0.0349. The highest BCUT2D eigenvalue weighted by Crippen LogP contribution is 2.36. The van der Waals surface area contributed by atoms with Crippen molar-refractivity contribution < 1.29 is 9.59 Å². The molecular weight excluding hydrogens is 444 g/mol. The van der Waals surface area contributed by atoms with Crippen molar-refractivity contribution in [2.45, 2.75) is 38.6 Å². The number of aryl methyl sites for hydroxylation is 1. The van der Waals surface area contributed by atoms with Gasteiger partial charge in [-0.3, -0.25) is 9.59 Å². The van der Waals surface area contributed by atoms with E-state index in [1.165, 1.54) is 5.56 Å². The second-order valence-corrected chi connectivity index (χ2v) is 9.49. The zero-order valence-electron chi connectivity index (χ0n) is 19.4. The van der Waals surface area contributed by atoms with Crippen molar-refractivity contribution in [2.24, 2.45) is 5.41 Å². The van der Waals surface area contributed by atoms with Gasteiger partial charge in [0, 0.05) is 31.1 Å². The molecule has 34 heavy (non-hydrogen) atoms. The van der Waals surface area contributed by atoms with Crippen LogP contribution in [0.2, 0.25) is 5.02 Å². The van der Waals surface area contributed by atoms with Gasteiger partial charge in [0.15, 0.2) is 0 Å². The Labute approximate surface area is 206 Å². The number of amides is 2. The number of benzene rings is 3. The second-order valence-electron chi connectivity index (χ2n) is 9.08. The molecule has 1 aliphatic rings. The van der Waals surface area contributed by atoms with Crippen molar-refractivity contribution in [3.63, 3.8) is 0 Å². The van der Waals surface area contributed by atoms with E-state index in [4.69, 9.17) is 11.6 Å². The standard InChI is InChI=1S/C29H31ClN2O2/c30-26-14-8-7-13-25(26)22-31-28(34)29(21-24-11-5-2-6-12-24)17-19-32(20-18-29)27(33)16-15-23-9-3-1-4-10-23/h1-14H,15-22H2,(H,31,34). The summed E-state index contributed by atoms with van der Waals surface area (Å²) in [6.45, 7) is 1.59. The molecule has 3 aromatic rings. The number of hydrogen-bond donors (Lipinski definition) is 1. The lowest BCUT2D eigenvalue weighted by atomic mass is 9.72. The van der Waals surface area contributed by atoms with E-state index in [1.54, 1.807) is 0 Å². The minimum Gasteiger partial charge on any atom is -0.351 e. The predicted octanol–water partition coefficient (Wildman–Crippen LogP) is 5.44. The molecule has 1 N–H and O–H groups in total. The summed E-state index contributed by atoms with van der Waals surface area (Å²) in [6, 6.07) is 27.8. The topological polar surface area (TPSA) is 49.4 Å². The normalized spacial score (nSPS) is 15.0. The van der Waals surface area contributed by atoms with E-state index in [1.807, 2.05) is 65.6 Å².